The van der Waals surface area contributed by atoms with E-state index >= 15 is 0 Å². The van der Waals surface area contributed by atoms with Gasteiger partial charge in [-0.3, -0.25) is 19.4 Å². The summed E-state index contributed by atoms with van der Waals surface area (Å²) in [6, 6.07) is 5.98. The molecule has 13 nitrogen and oxygen atoms in total. The van der Waals surface area contributed by atoms with Crippen molar-refractivity contribution in [2.75, 3.05) is 6.54 Å². The van der Waals surface area contributed by atoms with Gasteiger partial charge in [-0.1, -0.05) is 40.2 Å². The fraction of sp³-hybridized carbons (Fsp3) is 0.568. The number of aliphatic hydroxyl groups excluding tert-OH is 1. The van der Waals surface area contributed by atoms with Gasteiger partial charge in [0.25, 0.3) is 5.91 Å². The van der Waals surface area contributed by atoms with Crippen molar-refractivity contribution in [2.45, 2.75) is 122 Å². The van der Waals surface area contributed by atoms with Crippen molar-refractivity contribution in [1.82, 2.24) is 36.1 Å². The number of nitrogens with zero attached hydrogens (tertiary/aromatic N) is 3. The molecule has 1 aliphatic heterocycles. The second-order valence-corrected chi connectivity index (χ2v) is 16.5. The Kier molecular flexibility index (Phi) is 11.5. The zero-order chi connectivity index (χ0) is 37.1. The highest BCUT2D eigenvalue weighted by Crippen LogP contribution is 2.36. The number of urea groups is 1. The lowest BCUT2D eigenvalue weighted by atomic mass is 9.85. The number of likely N-dealkylation sites (tertiary alicyclic amines) is 1. The minimum absolute atomic E-state index is 0.0458. The number of carbonyl (C=O) groups excluding carboxylic acids is 4. The largest absolute Gasteiger partial charge is 0.487 e. The zero-order valence-electron chi connectivity index (χ0n) is 30.5. The van der Waals surface area contributed by atoms with Crippen LogP contribution in [0, 0.1) is 5.41 Å². The average Bonchev–Trinajstić information content (AvgIpc) is 3.56. The van der Waals surface area contributed by atoms with Crippen LogP contribution in [0.1, 0.15) is 80.6 Å². The van der Waals surface area contributed by atoms with E-state index in [0.717, 1.165) is 23.1 Å². The van der Waals surface area contributed by atoms with Gasteiger partial charge in [0.2, 0.25) is 11.8 Å². The summed E-state index contributed by atoms with van der Waals surface area (Å²) in [7, 11) is 0. The van der Waals surface area contributed by atoms with Crippen molar-refractivity contribution in [3.8, 4) is 17.1 Å². The Bertz CT molecular complexity index is 1720. The molecule has 5 N–H and O–H groups in total. The number of fused-ring (bicyclic) bond motifs is 1. The number of pyridine rings is 2. The summed E-state index contributed by atoms with van der Waals surface area (Å²) in [5.41, 5.74) is 0.771. The number of ether oxygens (including phenoxy) is 1. The van der Waals surface area contributed by atoms with Gasteiger partial charge in [-0.15, -0.1) is 11.3 Å². The lowest BCUT2D eigenvalue weighted by molar-refractivity contribution is -0.143. The molecule has 5 atom stereocenters. The van der Waals surface area contributed by atoms with Gasteiger partial charge >= 0.3 is 6.03 Å². The number of aliphatic hydroxyl groups is 1. The molecule has 3 aromatic rings. The van der Waals surface area contributed by atoms with E-state index in [2.05, 4.69) is 26.3 Å². The van der Waals surface area contributed by atoms with Crippen LogP contribution in [-0.2, 0) is 14.4 Å². The van der Waals surface area contributed by atoms with Crippen LogP contribution in [0.4, 0.5) is 4.79 Å². The molecule has 2 aliphatic rings. The molecule has 1 saturated heterocycles. The molecule has 1 aliphatic carbocycles. The first kappa shape index (κ1) is 37.9. The molecular weight excluding hydrogens is 671 g/mol. The number of carbonyl (C=O) groups is 4. The number of hydrogen-bond acceptors (Lipinski definition) is 9. The molecule has 0 bridgehead atoms. The Balaban J connectivity index is 1.44. The van der Waals surface area contributed by atoms with Crippen molar-refractivity contribution in [3.63, 3.8) is 0 Å². The first-order chi connectivity index (χ1) is 24.0. The van der Waals surface area contributed by atoms with E-state index in [1.54, 1.807) is 6.20 Å². The van der Waals surface area contributed by atoms with Gasteiger partial charge in [-0.2, -0.15) is 0 Å². The first-order valence-corrected chi connectivity index (χ1v) is 18.6. The van der Waals surface area contributed by atoms with E-state index in [-0.39, 0.29) is 19.0 Å². The zero-order valence-corrected chi connectivity index (χ0v) is 31.3. The van der Waals surface area contributed by atoms with Crippen LogP contribution in [0.3, 0.4) is 0 Å². The lowest BCUT2D eigenvalue weighted by Gasteiger charge is -2.36. The van der Waals surface area contributed by atoms with Crippen LogP contribution in [0.2, 0.25) is 0 Å². The highest BCUT2D eigenvalue weighted by atomic mass is 32.1. The monoisotopic (exact) mass is 721 g/mol. The maximum Gasteiger partial charge on any atom is 0.315 e. The van der Waals surface area contributed by atoms with Gasteiger partial charge in [0.1, 0.15) is 23.9 Å². The number of thiophene rings is 1. The van der Waals surface area contributed by atoms with E-state index in [9.17, 15) is 24.3 Å². The molecule has 5 amide bonds. The predicted molar refractivity (Wildman–Crippen MR) is 196 cm³/mol. The van der Waals surface area contributed by atoms with Crippen molar-refractivity contribution in [1.29, 1.82) is 0 Å². The number of aromatic nitrogens is 2. The van der Waals surface area contributed by atoms with E-state index in [1.165, 1.54) is 16.2 Å². The normalized spacial score (nSPS) is 19.6. The van der Waals surface area contributed by atoms with Gasteiger partial charge in [0.05, 0.1) is 34.2 Å². The summed E-state index contributed by atoms with van der Waals surface area (Å²) in [4.78, 5) is 65.2. The van der Waals surface area contributed by atoms with Crippen LogP contribution in [0.15, 0.2) is 41.9 Å². The highest BCUT2D eigenvalue weighted by molar-refractivity contribution is 7.17. The third-order valence-corrected chi connectivity index (χ3v) is 9.74. The maximum atomic E-state index is 14.5. The topological polar surface area (TPSA) is 175 Å². The molecule has 4 heterocycles. The number of rotatable bonds is 12. The van der Waals surface area contributed by atoms with E-state index in [0.29, 0.717) is 30.0 Å². The molecule has 5 rings (SSSR count). The molecule has 2 fully saturated rings. The first-order valence-electron chi connectivity index (χ1n) is 17.7. The average molecular weight is 722 g/mol. The van der Waals surface area contributed by atoms with E-state index in [1.807, 2.05) is 84.2 Å². The minimum atomic E-state index is -1.45. The molecule has 0 spiro atoms. The van der Waals surface area contributed by atoms with Crippen molar-refractivity contribution in [3.05, 3.63) is 41.9 Å². The van der Waals surface area contributed by atoms with Gasteiger partial charge in [-0.05, 0) is 69.0 Å². The van der Waals surface area contributed by atoms with Crippen LogP contribution in [0.25, 0.3) is 21.6 Å². The number of hydrogen-bond donors (Lipinski definition) is 5. The molecule has 1 saturated carbocycles. The lowest BCUT2D eigenvalue weighted by Crippen LogP contribution is -2.61. The number of amides is 5. The SMILES string of the molecule is CCC[C@H](NC(=O)[C@@H]1C[C@@H](Oc2cc(-c3ccccn3)nc3ccsc23)CN1C(=O)C(NC(=O)NC(C)(C)C)C(C)(C)C)C(O)C(=O)NC1CC1. The van der Waals surface area contributed by atoms with Crippen molar-refractivity contribution in [2.24, 2.45) is 5.41 Å². The van der Waals surface area contributed by atoms with Crippen molar-refractivity contribution >= 4 is 45.3 Å². The molecule has 51 heavy (non-hydrogen) atoms. The molecule has 14 heteroatoms. The fourth-order valence-electron chi connectivity index (χ4n) is 6.13. The third kappa shape index (κ3) is 9.73. The summed E-state index contributed by atoms with van der Waals surface area (Å²) in [6.45, 7) is 13.0. The predicted octanol–water partition coefficient (Wildman–Crippen LogP) is 4.14. The Hall–Kier alpha value is -4.30. The minimum Gasteiger partial charge on any atom is -0.487 e. The summed E-state index contributed by atoms with van der Waals surface area (Å²) in [6.07, 6.45) is 2.46. The Labute approximate surface area is 303 Å². The maximum absolute atomic E-state index is 14.5. The van der Waals surface area contributed by atoms with Crippen LogP contribution in [-0.4, -0.2) is 92.2 Å². The van der Waals surface area contributed by atoms with Gasteiger partial charge in [0, 0.05) is 30.3 Å². The second-order valence-electron chi connectivity index (χ2n) is 15.6. The van der Waals surface area contributed by atoms with E-state index < -0.39 is 65.0 Å². The highest BCUT2D eigenvalue weighted by Gasteiger charge is 2.47. The van der Waals surface area contributed by atoms with Gasteiger partial charge in [-0.25, -0.2) is 9.78 Å². The van der Waals surface area contributed by atoms with Gasteiger partial charge in [0.15, 0.2) is 6.10 Å². The molecule has 2 unspecified atom stereocenters. The quantitative estimate of drug-likeness (QED) is 0.186. The second kappa shape index (κ2) is 15.5. The fourth-order valence-corrected chi connectivity index (χ4v) is 6.92. The molecule has 3 aromatic heterocycles. The summed E-state index contributed by atoms with van der Waals surface area (Å²) >= 11 is 1.48. The van der Waals surface area contributed by atoms with E-state index in [4.69, 9.17) is 9.72 Å². The molecule has 276 valence electrons. The van der Waals surface area contributed by atoms with Crippen LogP contribution in [0.5, 0.6) is 5.75 Å². The standard InChI is InChI=1S/C37H51N7O6S/c1-8-11-24(29(45)33(47)39-21-13-14-21)41-32(46)27-18-22(20-44(27)34(48)31(36(2,3)4)42-35(49)43-37(5,6)7)50-28-19-26(23-12-9-10-16-38-23)40-25-15-17-51-30(25)28/h9-10,12,15-17,19,21-22,24,27,29,31,45H,8,11,13-14,18,20H2,1-7H3,(H,39,47)(H,41,46)(H2,42,43,49)/t22-,24+,27+,29?,31?/m1/s1. The molecule has 0 radical (unpaired) electrons. The Morgan fingerprint density at radius 3 is 2.43 bits per heavy atom. The smallest absolute Gasteiger partial charge is 0.315 e. The molecular formula is C37H51N7O6S. The Morgan fingerprint density at radius 2 is 1.80 bits per heavy atom. The third-order valence-electron chi connectivity index (χ3n) is 8.82. The summed E-state index contributed by atoms with van der Waals surface area (Å²) in [5.74, 6) is -0.926. The van der Waals surface area contributed by atoms with Crippen LogP contribution >= 0.6 is 11.3 Å². The number of nitrogens with one attached hydrogen (secondary N) is 4. The van der Waals surface area contributed by atoms with Crippen molar-refractivity contribution < 1.29 is 29.0 Å². The van der Waals surface area contributed by atoms with Crippen LogP contribution < -0.4 is 26.0 Å². The van der Waals surface area contributed by atoms with Gasteiger partial charge < -0.3 is 36.0 Å². The molecule has 0 aromatic carbocycles. The summed E-state index contributed by atoms with van der Waals surface area (Å²) in [5, 5.41) is 24.3. The Morgan fingerprint density at radius 1 is 1.06 bits per heavy atom. The summed E-state index contributed by atoms with van der Waals surface area (Å²) < 4.78 is 7.45.